The van der Waals surface area contributed by atoms with Gasteiger partial charge in [-0.3, -0.25) is 4.79 Å². The number of likely N-dealkylation sites (tertiary alicyclic amines) is 1. The Hall–Kier alpha value is -3.30. The second-order valence-electron chi connectivity index (χ2n) is 9.32. The van der Waals surface area contributed by atoms with E-state index >= 15 is 0 Å². The van der Waals surface area contributed by atoms with Gasteiger partial charge >= 0.3 is 5.97 Å². The number of aliphatic hydroxyl groups excluding tert-OH is 1. The van der Waals surface area contributed by atoms with E-state index in [2.05, 4.69) is 10.2 Å². The summed E-state index contributed by atoms with van der Waals surface area (Å²) in [5, 5.41) is 22.9. The Morgan fingerprint density at radius 1 is 1.17 bits per heavy atom. The third kappa shape index (κ3) is 6.47. The van der Waals surface area contributed by atoms with Crippen molar-refractivity contribution in [3.8, 4) is 17.2 Å². The number of para-hydroxylation sites is 1. The highest BCUT2D eigenvalue weighted by Gasteiger charge is 2.28. The lowest BCUT2D eigenvalue weighted by Crippen LogP contribution is -2.48. The van der Waals surface area contributed by atoms with Gasteiger partial charge in [0.2, 0.25) is 0 Å². The molecule has 3 N–H and O–H groups in total. The molecule has 0 bridgehead atoms. The highest BCUT2D eigenvalue weighted by Crippen LogP contribution is 2.34. The zero-order valence-electron chi connectivity index (χ0n) is 20.6. The highest BCUT2D eigenvalue weighted by molar-refractivity contribution is 5.98. The van der Waals surface area contributed by atoms with E-state index in [1.54, 1.807) is 24.3 Å². The lowest BCUT2D eigenvalue weighted by molar-refractivity contribution is 0.0204. The van der Waals surface area contributed by atoms with E-state index in [-0.39, 0.29) is 17.4 Å². The number of β-amino-alcohol motifs (C(OH)–C–C–N with tert-alkyl or cyclic N) is 1. The molecule has 2 aliphatic rings. The number of nitrogens with one attached hydrogen (secondary N) is 1. The number of carboxylic acid groups (broad SMARTS) is 1. The van der Waals surface area contributed by atoms with Gasteiger partial charge < -0.3 is 34.6 Å². The largest absolute Gasteiger partial charge is 0.493 e. The van der Waals surface area contributed by atoms with Gasteiger partial charge in [0.25, 0.3) is 5.91 Å². The average Bonchev–Trinajstić information content (AvgIpc) is 3.11. The molecule has 36 heavy (non-hydrogen) atoms. The Balaban J connectivity index is 1.22. The first-order chi connectivity index (χ1) is 17.4. The molecule has 0 aliphatic carbocycles. The Labute approximate surface area is 211 Å². The summed E-state index contributed by atoms with van der Waals surface area (Å²) in [6.45, 7) is 5.81. The fraction of sp³-hybridized carbons (Fsp3) is 0.481. The van der Waals surface area contributed by atoms with Gasteiger partial charge in [-0.2, -0.15) is 0 Å². The molecule has 1 saturated heterocycles. The Morgan fingerprint density at radius 2 is 1.97 bits per heavy atom. The molecule has 194 valence electrons. The zero-order valence-corrected chi connectivity index (χ0v) is 20.6. The Morgan fingerprint density at radius 3 is 2.78 bits per heavy atom. The molecule has 2 unspecified atom stereocenters. The van der Waals surface area contributed by atoms with Gasteiger partial charge in [-0.05, 0) is 56.1 Å². The number of carbonyl (C=O) groups excluding carboxylic acids is 1. The van der Waals surface area contributed by atoms with Crippen LogP contribution < -0.4 is 19.5 Å². The predicted molar refractivity (Wildman–Crippen MR) is 133 cm³/mol. The third-order valence-corrected chi connectivity index (χ3v) is 6.56. The van der Waals surface area contributed by atoms with Gasteiger partial charge in [-0.15, -0.1) is 0 Å². The number of ether oxygens (including phenoxy) is 3. The molecule has 2 heterocycles. The van der Waals surface area contributed by atoms with Crippen LogP contribution in [0.15, 0.2) is 36.4 Å². The molecular weight excluding hydrogens is 464 g/mol. The van der Waals surface area contributed by atoms with Crippen LogP contribution in [0.25, 0.3) is 0 Å². The van der Waals surface area contributed by atoms with E-state index in [9.17, 15) is 19.8 Å². The van der Waals surface area contributed by atoms with Gasteiger partial charge in [0.1, 0.15) is 11.3 Å². The number of carboxylic acids is 1. The maximum atomic E-state index is 13.0. The SMILES string of the molecule is Cc1cc2c(c(C(=O)NCC3CCN(CCCOc4ccccc4C(=O)O)CC3O)c1)OCCCO2. The van der Waals surface area contributed by atoms with Crippen LogP contribution in [0.2, 0.25) is 0 Å². The first-order valence-electron chi connectivity index (χ1n) is 12.5. The number of amides is 1. The minimum absolute atomic E-state index is 0.0375. The van der Waals surface area contributed by atoms with Crippen molar-refractivity contribution in [3.63, 3.8) is 0 Å². The van der Waals surface area contributed by atoms with Crippen molar-refractivity contribution in [3.05, 3.63) is 53.1 Å². The maximum absolute atomic E-state index is 13.0. The van der Waals surface area contributed by atoms with Crippen LogP contribution in [-0.4, -0.2) is 79.1 Å². The predicted octanol–water partition coefficient (Wildman–Crippen LogP) is 2.74. The molecule has 2 aliphatic heterocycles. The fourth-order valence-corrected chi connectivity index (χ4v) is 4.63. The van der Waals surface area contributed by atoms with Crippen LogP contribution in [0.3, 0.4) is 0 Å². The summed E-state index contributed by atoms with van der Waals surface area (Å²) in [6, 6.07) is 10.3. The van der Waals surface area contributed by atoms with Gasteiger partial charge in [0, 0.05) is 32.0 Å². The standard InChI is InChI=1S/C27H34N2O7/c1-18-14-21(25-24(15-18)35-12-5-13-36-25)26(31)28-16-19-8-10-29(17-22(19)30)9-4-11-34-23-7-3-2-6-20(23)27(32)33/h2-3,6-7,14-15,19,22,30H,4-5,8-13,16-17H2,1H3,(H,28,31)(H,32,33). The molecule has 1 amide bonds. The van der Waals surface area contributed by atoms with Crippen molar-refractivity contribution in [1.29, 1.82) is 0 Å². The number of benzene rings is 2. The normalized spacial score (nSPS) is 19.8. The quantitative estimate of drug-likeness (QED) is 0.452. The number of hydrogen-bond donors (Lipinski definition) is 3. The van der Waals surface area contributed by atoms with Crippen molar-refractivity contribution in [1.82, 2.24) is 10.2 Å². The van der Waals surface area contributed by atoms with Crippen LogP contribution in [0.1, 0.15) is 45.5 Å². The smallest absolute Gasteiger partial charge is 0.339 e. The number of aryl methyl sites for hydroxylation is 1. The lowest BCUT2D eigenvalue weighted by atomic mass is 9.93. The Kier molecular flexibility index (Phi) is 8.66. The number of hydrogen-bond acceptors (Lipinski definition) is 7. The van der Waals surface area contributed by atoms with Crippen molar-refractivity contribution < 1.29 is 34.0 Å². The highest BCUT2D eigenvalue weighted by atomic mass is 16.5. The van der Waals surface area contributed by atoms with Crippen molar-refractivity contribution >= 4 is 11.9 Å². The van der Waals surface area contributed by atoms with Gasteiger partial charge in [0.15, 0.2) is 11.5 Å². The first-order valence-corrected chi connectivity index (χ1v) is 12.5. The van der Waals surface area contributed by atoms with Crippen molar-refractivity contribution in [2.75, 3.05) is 46.0 Å². The first kappa shape index (κ1) is 25.8. The summed E-state index contributed by atoms with van der Waals surface area (Å²) < 4.78 is 17.2. The van der Waals surface area contributed by atoms with Crippen molar-refractivity contribution in [2.45, 2.75) is 32.3 Å². The molecule has 2 aromatic carbocycles. The molecule has 9 nitrogen and oxygen atoms in total. The zero-order chi connectivity index (χ0) is 25.5. The summed E-state index contributed by atoms with van der Waals surface area (Å²) >= 11 is 0. The van der Waals surface area contributed by atoms with Crippen LogP contribution in [0.4, 0.5) is 0 Å². The van der Waals surface area contributed by atoms with Crippen LogP contribution in [0, 0.1) is 12.8 Å². The monoisotopic (exact) mass is 498 g/mol. The molecule has 2 atom stereocenters. The van der Waals surface area contributed by atoms with E-state index in [0.717, 1.165) is 31.5 Å². The molecule has 9 heteroatoms. The van der Waals surface area contributed by atoms with E-state index in [1.165, 1.54) is 6.07 Å². The number of carbonyl (C=O) groups is 2. The number of fused-ring (bicyclic) bond motifs is 1. The number of piperidine rings is 1. The second-order valence-corrected chi connectivity index (χ2v) is 9.32. The second kappa shape index (κ2) is 12.1. The minimum atomic E-state index is -1.01. The summed E-state index contributed by atoms with van der Waals surface area (Å²) in [7, 11) is 0. The molecular formula is C27H34N2O7. The summed E-state index contributed by atoms with van der Waals surface area (Å²) in [6.07, 6.45) is 1.68. The van der Waals surface area contributed by atoms with E-state index in [4.69, 9.17) is 14.2 Å². The van der Waals surface area contributed by atoms with Crippen LogP contribution in [0.5, 0.6) is 17.2 Å². The maximum Gasteiger partial charge on any atom is 0.339 e. The molecule has 4 rings (SSSR count). The summed E-state index contributed by atoms with van der Waals surface area (Å²) in [5.41, 5.74) is 1.54. The summed E-state index contributed by atoms with van der Waals surface area (Å²) in [5.74, 6) is 0.169. The van der Waals surface area contributed by atoms with Crippen molar-refractivity contribution in [2.24, 2.45) is 5.92 Å². The number of rotatable bonds is 9. The fourth-order valence-electron chi connectivity index (χ4n) is 4.63. The number of aromatic carboxylic acids is 1. The molecule has 0 spiro atoms. The summed E-state index contributed by atoms with van der Waals surface area (Å²) in [4.78, 5) is 26.4. The van der Waals surface area contributed by atoms with E-state index in [0.29, 0.717) is 62.1 Å². The minimum Gasteiger partial charge on any atom is -0.493 e. The molecule has 0 radical (unpaired) electrons. The van der Waals surface area contributed by atoms with Gasteiger partial charge in [0.05, 0.1) is 31.5 Å². The molecule has 1 fully saturated rings. The molecule has 0 saturated carbocycles. The number of aliphatic hydroxyl groups is 1. The molecule has 2 aromatic rings. The lowest BCUT2D eigenvalue weighted by Gasteiger charge is -2.36. The van der Waals surface area contributed by atoms with E-state index in [1.807, 2.05) is 13.0 Å². The van der Waals surface area contributed by atoms with Crippen LogP contribution >= 0.6 is 0 Å². The third-order valence-electron chi connectivity index (χ3n) is 6.56. The van der Waals surface area contributed by atoms with Gasteiger partial charge in [-0.25, -0.2) is 4.79 Å². The van der Waals surface area contributed by atoms with E-state index < -0.39 is 12.1 Å². The van der Waals surface area contributed by atoms with Gasteiger partial charge in [-0.1, -0.05) is 12.1 Å². The average molecular weight is 499 g/mol. The Bertz CT molecular complexity index is 1070. The number of nitrogens with zero attached hydrogens (tertiary/aromatic N) is 1. The van der Waals surface area contributed by atoms with Crippen LogP contribution in [-0.2, 0) is 0 Å². The topological polar surface area (TPSA) is 118 Å². The molecule has 0 aromatic heterocycles.